The molecular weight excluding hydrogens is 388 g/mol. The average Bonchev–Trinajstić information content (AvgIpc) is 3.35. The van der Waals surface area contributed by atoms with Crippen LogP contribution in [0.3, 0.4) is 0 Å². The second-order valence-electron chi connectivity index (χ2n) is 8.59. The van der Waals surface area contributed by atoms with Crippen LogP contribution < -0.4 is 0 Å². The van der Waals surface area contributed by atoms with Gasteiger partial charge in [-0.2, -0.15) is 5.26 Å². The highest BCUT2D eigenvalue weighted by atomic mass is 14.9. The standard InChI is InChI=1S/C30H18N2/c1-18-10-11-19(17-31)14-24(18)21-12-13-28-25(15-21)26-16-20-6-2-3-7-22(20)29-23-8-4-5-9-27(23)32(28)30(26)29/h2-16H,1H3. The SMILES string of the molecule is Cc1ccc(C#N)cc1-c1ccc2c(c1)c1cc3ccccc3c3c4ccccc4n2c13. The molecule has 0 saturated carbocycles. The molecule has 0 fully saturated rings. The molecule has 2 aromatic heterocycles. The van der Waals surface area contributed by atoms with Gasteiger partial charge in [0.1, 0.15) is 0 Å². The number of nitriles is 1. The van der Waals surface area contributed by atoms with Crippen molar-refractivity contribution >= 4 is 48.9 Å². The van der Waals surface area contributed by atoms with Crippen molar-refractivity contribution in [3.05, 3.63) is 102 Å². The van der Waals surface area contributed by atoms with Crippen LogP contribution in [-0.4, -0.2) is 4.40 Å². The fourth-order valence-corrected chi connectivity index (χ4v) is 5.41. The molecule has 7 rings (SSSR count). The molecule has 2 heteroatoms. The van der Waals surface area contributed by atoms with Gasteiger partial charge in [-0.25, -0.2) is 0 Å². The van der Waals surface area contributed by atoms with Crippen LogP contribution in [0.2, 0.25) is 0 Å². The smallest absolute Gasteiger partial charge is 0.0991 e. The van der Waals surface area contributed by atoms with Gasteiger partial charge in [-0.05, 0) is 70.8 Å². The largest absolute Gasteiger partial charge is 0.308 e. The molecule has 0 aliphatic heterocycles. The van der Waals surface area contributed by atoms with E-state index in [0.29, 0.717) is 5.56 Å². The quantitative estimate of drug-likeness (QED) is 0.273. The second-order valence-corrected chi connectivity index (χ2v) is 8.59. The molecule has 7 aromatic rings. The number of nitrogens with zero attached hydrogens (tertiary/aromatic N) is 2. The van der Waals surface area contributed by atoms with Crippen molar-refractivity contribution in [3.63, 3.8) is 0 Å². The molecule has 0 spiro atoms. The van der Waals surface area contributed by atoms with E-state index in [0.717, 1.165) is 11.1 Å². The van der Waals surface area contributed by atoms with Gasteiger partial charge >= 0.3 is 0 Å². The lowest BCUT2D eigenvalue weighted by atomic mass is 9.96. The summed E-state index contributed by atoms with van der Waals surface area (Å²) in [6, 6.07) is 34.6. The van der Waals surface area contributed by atoms with Crippen LogP contribution in [0.15, 0.2) is 91.0 Å². The van der Waals surface area contributed by atoms with Crippen molar-refractivity contribution in [2.45, 2.75) is 6.92 Å². The molecule has 0 saturated heterocycles. The molecule has 5 aromatic carbocycles. The second kappa shape index (κ2) is 6.09. The van der Waals surface area contributed by atoms with Crippen LogP contribution in [0.1, 0.15) is 11.1 Å². The predicted octanol–water partition coefficient (Wildman–Crippen LogP) is 7.84. The summed E-state index contributed by atoms with van der Waals surface area (Å²) in [6.45, 7) is 2.11. The van der Waals surface area contributed by atoms with Gasteiger partial charge in [0, 0.05) is 21.5 Å². The Morgan fingerprint density at radius 2 is 1.47 bits per heavy atom. The number of para-hydroxylation sites is 1. The van der Waals surface area contributed by atoms with Crippen LogP contribution in [0.5, 0.6) is 0 Å². The maximum Gasteiger partial charge on any atom is 0.0991 e. The van der Waals surface area contributed by atoms with E-state index >= 15 is 0 Å². The van der Waals surface area contributed by atoms with Gasteiger partial charge in [0.25, 0.3) is 0 Å². The van der Waals surface area contributed by atoms with Crippen molar-refractivity contribution in [1.82, 2.24) is 4.40 Å². The molecule has 0 atom stereocenters. The topological polar surface area (TPSA) is 28.2 Å². The Labute approximate surface area is 184 Å². The molecule has 0 aliphatic carbocycles. The zero-order valence-electron chi connectivity index (χ0n) is 17.6. The number of fused-ring (bicyclic) bond motifs is 8. The summed E-state index contributed by atoms with van der Waals surface area (Å²) in [5, 5.41) is 17.1. The van der Waals surface area contributed by atoms with Crippen molar-refractivity contribution < 1.29 is 0 Å². The monoisotopic (exact) mass is 406 g/mol. The Morgan fingerprint density at radius 1 is 0.688 bits per heavy atom. The van der Waals surface area contributed by atoms with Crippen LogP contribution >= 0.6 is 0 Å². The Balaban J connectivity index is 1.69. The number of aromatic nitrogens is 1. The molecule has 0 bridgehead atoms. The fraction of sp³-hybridized carbons (Fsp3) is 0.0333. The number of rotatable bonds is 1. The van der Waals surface area contributed by atoms with E-state index in [1.54, 1.807) is 0 Å². The number of hydrogen-bond acceptors (Lipinski definition) is 1. The van der Waals surface area contributed by atoms with E-state index in [9.17, 15) is 5.26 Å². The lowest BCUT2D eigenvalue weighted by Gasteiger charge is -2.08. The van der Waals surface area contributed by atoms with Crippen LogP contribution in [-0.2, 0) is 0 Å². The highest BCUT2D eigenvalue weighted by Gasteiger charge is 2.20. The first kappa shape index (κ1) is 17.3. The summed E-state index contributed by atoms with van der Waals surface area (Å²) in [6.07, 6.45) is 0. The molecule has 2 heterocycles. The van der Waals surface area contributed by atoms with Crippen LogP contribution in [0.4, 0.5) is 0 Å². The van der Waals surface area contributed by atoms with Gasteiger partial charge in [-0.1, -0.05) is 54.6 Å². The number of benzene rings is 5. The normalized spacial score (nSPS) is 11.9. The highest BCUT2D eigenvalue weighted by molar-refractivity contribution is 6.31. The Kier molecular flexibility index (Phi) is 3.30. The third kappa shape index (κ3) is 2.12. The zero-order valence-corrected chi connectivity index (χ0v) is 17.6. The van der Waals surface area contributed by atoms with E-state index < -0.39 is 0 Å². The molecule has 0 unspecified atom stereocenters. The van der Waals surface area contributed by atoms with Crippen molar-refractivity contribution in [1.29, 1.82) is 5.26 Å². The molecular formula is C30H18N2. The van der Waals surface area contributed by atoms with E-state index in [1.807, 2.05) is 18.2 Å². The number of aryl methyl sites for hydroxylation is 1. The molecule has 0 aliphatic rings. The molecule has 148 valence electrons. The molecule has 2 nitrogen and oxygen atoms in total. The van der Waals surface area contributed by atoms with Crippen molar-refractivity contribution in [2.24, 2.45) is 0 Å². The lowest BCUT2D eigenvalue weighted by molar-refractivity contribution is 1.37. The van der Waals surface area contributed by atoms with E-state index in [1.165, 1.54) is 54.4 Å². The third-order valence-corrected chi connectivity index (χ3v) is 6.87. The van der Waals surface area contributed by atoms with Gasteiger partial charge in [0.2, 0.25) is 0 Å². The first-order valence-corrected chi connectivity index (χ1v) is 10.9. The van der Waals surface area contributed by atoms with Gasteiger partial charge in [0.15, 0.2) is 0 Å². The molecule has 32 heavy (non-hydrogen) atoms. The van der Waals surface area contributed by atoms with Crippen LogP contribution in [0, 0.1) is 18.3 Å². The predicted molar refractivity (Wildman–Crippen MR) is 133 cm³/mol. The fourth-order valence-electron chi connectivity index (χ4n) is 5.41. The van der Waals surface area contributed by atoms with Gasteiger partial charge < -0.3 is 4.40 Å². The van der Waals surface area contributed by atoms with Gasteiger partial charge in [0.05, 0.1) is 28.2 Å². The minimum absolute atomic E-state index is 0.691. The Hall–Kier alpha value is -4.35. The maximum absolute atomic E-state index is 9.39. The maximum atomic E-state index is 9.39. The average molecular weight is 406 g/mol. The summed E-state index contributed by atoms with van der Waals surface area (Å²) in [5.41, 5.74) is 7.89. The summed E-state index contributed by atoms with van der Waals surface area (Å²) in [5.74, 6) is 0. The van der Waals surface area contributed by atoms with E-state index in [2.05, 4.69) is 90.2 Å². The summed E-state index contributed by atoms with van der Waals surface area (Å²) in [7, 11) is 0. The lowest BCUT2D eigenvalue weighted by Crippen LogP contribution is -1.86. The molecule has 0 N–H and O–H groups in total. The first-order valence-electron chi connectivity index (χ1n) is 10.9. The summed E-state index contributed by atoms with van der Waals surface area (Å²) >= 11 is 0. The Bertz CT molecular complexity index is 1900. The summed E-state index contributed by atoms with van der Waals surface area (Å²) < 4.78 is 2.42. The van der Waals surface area contributed by atoms with E-state index in [4.69, 9.17) is 0 Å². The van der Waals surface area contributed by atoms with Crippen LogP contribution in [0.25, 0.3) is 60.0 Å². The van der Waals surface area contributed by atoms with Crippen molar-refractivity contribution in [2.75, 3.05) is 0 Å². The third-order valence-electron chi connectivity index (χ3n) is 6.87. The van der Waals surface area contributed by atoms with Gasteiger partial charge in [-0.3, -0.25) is 0 Å². The molecule has 0 amide bonds. The number of hydrogen-bond donors (Lipinski definition) is 0. The zero-order chi connectivity index (χ0) is 21.4. The minimum atomic E-state index is 0.691. The molecule has 0 radical (unpaired) electrons. The Morgan fingerprint density at radius 3 is 2.34 bits per heavy atom. The minimum Gasteiger partial charge on any atom is -0.308 e. The highest BCUT2D eigenvalue weighted by Crippen LogP contribution is 2.43. The first-order chi connectivity index (χ1) is 15.7. The summed E-state index contributed by atoms with van der Waals surface area (Å²) in [4.78, 5) is 0. The van der Waals surface area contributed by atoms with E-state index in [-0.39, 0.29) is 0 Å². The van der Waals surface area contributed by atoms with Gasteiger partial charge in [-0.15, -0.1) is 0 Å². The van der Waals surface area contributed by atoms with Crippen molar-refractivity contribution in [3.8, 4) is 17.2 Å².